The van der Waals surface area contributed by atoms with Crippen molar-refractivity contribution < 1.29 is 14.8 Å². The van der Waals surface area contributed by atoms with Crippen molar-refractivity contribution in [2.24, 2.45) is 5.92 Å². The number of rotatable bonds is 6. The fraction of sp³-hybridized carbons (Fsp3) is 0.550. The summed E-state index contributed by atoms with van der Waals surface area (Å²) < 4.78 is 0. The minimum atomic E-state index is -0.623. The average Bonchev–Trinajstić information content (AvgIpc) is 3.17. The number of carbonyl (C=O) groups is 2. The monoisotopic (exact) mass is 406 g/mol. The second-order valence-corrected chi connectivity index (χ2v) is 7.99. The van der Waals surface area contributed by atoms with Gasteiger partial charge in [-0.15, -0.1) is 0 Å². The second kappa shape index (κ2) is 9.89. The summed E-state index contributed by atoms with van der Waals surface area (Å²) in [6.45, 7) is 1.43. The zero-order valence-electron chi connectivity index (χ0n) is 15.9. The van der Waals surface area contributed by atoms with Crippen LogP contribution in [-0.2, 0) is 9.59 Å². The van der Waals surface area contributed by atoms with E-state index in [4.69, 9.17) is 16.8 Å². The van der Waals surface area contributed by atoms with Crippen LogP contribution in [0.4, 0.5) is 5.82 Å². The third kappa shape index (κ3) is 5.69. The van der Waals surface area contributed by atoms with Gasteiger partial charge in [0, 0.05) is 37.8 Å². The van der Waals surface area contributed by atoms with Gasteiger partial charge in [-0.25, -0.2) is 10.5 Å². The molecule has 0 radical (unpaired) electrons. The molecular weight excluding hydrogens is 380 g/mol. The first-order valence-corrected chi connectivity index (χ1v) is 10.2. The lowest BCUT2D eigenvalue weighted by atomic mass is 9.87. The largest absolute Gasteiger partial charge is 0.364 e. The summed E-state index contributed by atoms with van der Waals surface area (Å²) in [5.74, 6) is 0.759. The molecule has 152 valence electrons. The maximum absolute atomic E-state index is 12.6. The number of likely N-dealkylation sites (tertiary alicyclic amines) is 1. The van der Waals surface area contributed by atoms with Crippen LogP contribution in [0.2, 0.25) is 5.02 Å². The summed E-state index contributed by atoms with van der Waals surface area (Å²) in [5.41, 5.74) is 2.17. The zero-order chi connectivity index (χ0) is 19.9. The minimum absolute atomic E-state index is 0.127. The Bertz CT molecular complexity index is 734. The fourth-order valence-electron chi connectivity index (χ4n) is 3.92. The second-order valence-electron chi connectivity index (χ2n) is 7.59. The Morgan fingerprint density at radius 3 is 2.79 bits per heavy atom. The summed E-state index contributed by atoms with van der Waals surface area (Å²) in [4.78, 5) is 29.9. The average molecular weight is 407 g/mol. The predicted octanol–water partition coefficient (Wildman–Crippen LogP) is 3.24. The van der Waals surface area contributed by atoms with E-state index in [1.165, 1.54) is 49.7 Å². The number of carbonyl (C=O) groups excluding carboxylic acids is 2. The third-order valence-corrected chi connectivity index (χ3v) is 5.76. The van der Waals surface area contributed by atoms with Gasteiger partial charge in [0.15, 0.2) is 0 Å². The molecule has 1 saturated carbocycles. The molecular formula is C20H27ClN4O3. The highest BCUT2D eigenvalue weighted by Crippen LogP contribution is 2.28. The number of hydrogen-bond acceptors (Lipinski definition) is 5. The maximum atomic E-state index is 12.6. The van der Waals surface area contributed by atoms with E-state index in [2.05, 4.69) is 10.3 Å². The van der Waals surface area contributed by atoms with Gasteiger partial charge in [0.25, 0.3) is 5.91 Å². The Morgan fingerprint density at radius 2 is 2.07 bits per heavy atom. The Hall–Kier alpha value is -2.12. The molecule has 0 spiro atoms. The predicted molar refractivity (Wildman–Crippen MR) is 108 cm³/mol. The summed E-state index contributed by atoms with van der Waals surface area (Å²) in [7, 11) is 0. The molecule has 0 bridgehead atoms. The molecule has 3 N–H and O–H groups in total. The van der Waals surface area contributed by atoms with E-state index >= 15 is 0 Å². The summed E-state index contributed by atoms with van der Waals surface area (Å²) in [6, 6.07) is 1.82. The molecule has 1 aliphatic carbocycles. The summed E-state index contributed by atoms with van der Waals surface area (Å²) in [5, 5.41) is 12.3. The van der Waals surface area contributed by atoms with Crippen LogP contribution in [0.15, 0.2) is 18.3 Å². The maximum Gasteiger partial charge on any atom is 0.267 e. The highest BCUT2D eigenvalue weighted by molar-refractivity contribution is 6.33. The lowest BCUT2D eigenvalue weighted by molar-refractivity contribution is -0.131. The number of amides is 2. The number of hydroxylamine groups is 1. The Labute approximate surface area is 170 Å². The van der Waals surface area contributed by atoms with Gasteiger partial charge in [-0.05, 0) is 42.9 Å². The van der Waals surface area contributed by atoms with Crippen molar-refractivity contribution in [3.05, 3.63) is 28.9 Å². The lowest BCUT2D eigenvalue weighted by Crippen LogP contribution is -2.33. The number of hydrogen-bond donors (Lipinski definition) is 3. The quantitative estimate of drug-likeness (QED) is 0.383. The topological polar surface area (TPSA) is 94.6 Å². The van der Waals surface area contributed by atoms with E-state index in [1.54, 1.807) is 12.3 Å². The standard InChI is InChI=1S/C20H27ClN4O3/c21-17-10-15(6-7-18(26)24-28)12-22-20(17)23-16-8-9-25(13-16)19(27)11-14-4-2-1-3-5-14/h6-7,10,12,14,16,28H,1-5,8-9,11,13H2,(H,22,23)(H,24,26)/t16-/m1/s1. The Balaban J connectivity index is 1.51. The van der Waals surface area contributed by atoms with Crippen LogP contribution in [0.5, 0.6) is 0 Å². The van der Waals surface area contributed by atoms with Crippen LogP contribution in [-0.4, -0.2) is 46.0 Å². The van der Waals surface area contributed by atoms with Crippen LogP contribution in [0, 0.1) is 5.92 Å². The molecule has 2 fully saturated rings. The van der Waals surface area contributed by atoms with Crippen molar-refractivity contribution in [1.29, 1.82) is 0 Å². The van der Waals surface area contributed by atoms with Crippen LogP contribution in [0.1, 0.15) is 50.5 Å². The highest BCUT2D eigenvalue weighted by atomic mass is 35.5. The number of aromatic nitrogens is 1. The first-order chi connectivity index (χ1) is 13.5. The van der Waals surface area contributed by atoms with Crippen molar-refractivity contribution in [3.8, 4) is 0 Å². The van der Waals surface area contributed by atoms with Crippen LogP contribution in [0.3, 0.4) is 0 Å². The van der Waals surface area contributed by atoms with Crippen LogP contribution in [0.25, 0.3) is 6.08 Å². The van der Waals surface area contributed by atoms with E-state index in [1.807, 2.05) is 4.90 Å². The van der Waals surface area contributed by atoms with Crippen molar-refractivity contribution in [3.63, 3.8) is 0 Å². The number of nitrogens with zero attached hydrogens (tertiary/aromatic N) is 2. The number of nitrogens with one attached hydrogen (secondary N) is 2. The fourth-order valence-corrected chi connectivity index (χ4v) is 4.15. The molecule has 2 amide bonds. The number of halogens is 1. The first kappa shape index (κ1) is 20.6. The van der Waals surface area contributed by atoms with Crippen LogP contribution < -0.4 is 10.8 Å². The molecule has 8 heteroatoms. The van der Waals surface area contributed by atoms with Crippen molar-refractivity contribution in [1.82, 2.24) is 15.4 Å². The Kier molecular flexibility index (Phi) is 7.28. The Morgan fingerprint density at radius 1 is 1.29 bits per heavy atom. The molecule has 7 nitrogen and oxygen atoms in total. The lowest BCUT2D eigenvalue weighted by Gasteiger charge is -2.24. The van der Waals surface area contributed by atoms with E-state index in [-0.39, 0.29) is 11.9 Å². The molecule has 1 aliphatic heterocycles. The van der Waals surface area contributed by atoms with Gasteiger partial charge in [-0.3, -0.25) is 14.8 Å². The molecule has 2 heterocycles. The van der Waals surface area contributed by atoms with Gasteiger partial charge in [0.1, 0.15) is 5.82 Å². The normalized spacial score (nSPS) is 20.5. The molecule has 2 aliphatic rings. The van der Waals surface area contributed by atoms with E-state index < -0.39 is 5.91 Å². The van der Waals surface area contributed by atoms with E-state index in [0.717, 1.165) is 13.0 Å². The highest BCUT2D eigenvalue weighted by Gasteiger charge is 2.28. The molecule has 28 heavy (non-hydrogen) atoms. The van der Waals surface area contributed by atoms with Crippen molar-refractivity contribution in [2.75, 3.05) is 18.4 Å². The van der Waals surface area contributed by atoms with E-state index in [0.29, 0.717) is 35.3 Å². The molecule has 1 atom stereocenters. The molecule has 1 aromatic rings. The van der Waals surface area contributed by atoms with Gasteiger partial charge >= 0.3 is 0 Å². The van der Waals surface area contributed by atoms with Gasteiger partial charge in [-0.2, -0.15) is 0 Å². The molecule has 1 saturated heterocycles. The van der Waals surface area contributed by atoms with Crippen LogP contribution >= 0.6 is 11.6 Å². The van der Waals surface area contributed by atoms with Gasteiger partial charge in [0.2, 0.25) is 5.91 Å². The molecule has 0 unspecified atom stereocenters. The minimum Gasteiger partial charge on any atom is -0.364 e. The SMILES string of the molecule is O=C(C=Cc1cnc(N[C@@H]2CCN(C(=O)CC3CCCCC3)C2)c(Cl)c1)NO. The van der Waals surface area contributed by atoms with Gasteiger partial charge in [0.05, 0.1) is 5.02 Å². The van der Waals surface area contributed by atoms with Crippen molar-refractivity contribution >= 4 is 35.3 Å². The molecule has 1 aromatic heterocycles. The van der Waals surface area contributed by atoms with E-state index in [9.17, 15) is 9.59 Å². The number of pyridine rings is 1. The van der Waals surface area contributed by atoms with Crippen molar-refractivity contribution in [2.45, 2.75) is 51.0 Å². The summed E-state index contributed by atoms with van der Waals surface area (Å²) >= 11 is 6.30. The van der Waals surface area contributed by atoms with Gasteiger partial charge in [-0.1, -0.05) is 30.9 Å². The number of anilines is 1. The molecule has 3 rings (SSSR count). The zero-order valence-corrected chi connectivity index (χ0v) is 16.6. The first-order valence-electron chi connectivity index (χ1n) is 9.87. The third-order valence-electron chi connectivity index (χ3n) is 5.47. The summed E-state index contributed by atoms with van der Waals surface area (Å²) in [6.07, 6.45) is 12.0. The van der Waals surface area contributed by atoms with Gasteiger partial charge < -0.3 is 10.2 Å². The smallest absolute Gasteiger partial charge is 0.267 e. The molecule has 0 aromatic carbocycles.